The molecule has 0 radical (unpaired) electrons. The van der Waals surface area contributed by atoms with E-state index in [1.165, 1.54) is 24.1 Å². The SMILES string of the molecule is CC1CCN(C(N)=NCc2ccc(N(C)C)cc2)CC1.I. The number of nitrogens with two attached hydrogens (primary N) is 1. The van der Waals surface area contributed by atoms with Gasteiger partial charge in [-0.15, -0.1) is 24.0 Å². The molecule has 0 saturated carbocycles. The Morgan fingerprint density at radius 3 is 2.33 bits per heavy atom. The number of likely N-dealkylation sites (tertiary alicyclic amines) is 1. The molecule has 1 aliphatic rings. The van der Waals surface area contributed by atoms with Crippen molar-refractivity contribution in [1.82, 2.24) is 4.90 Å². The van der Waals surface area contributed by atoms with Crippen LogP contribution in [0.1, 0.15) is 25.3 Å². The van der Waals surface area contributed by atoms with Gasteiger partial charge in [0.05, 0.1) is 6.54 Å². The lowest BCUT2D eigenvalue weighted by Gasteiger charge is -2.31. The smallest absolute Gasteiger partial charge is 0.191 e. The molecule has 1 heterocycles. The molecule has 0 aliphatic carbocycles. The Labute approximate surface area is 145 Å². The van der Waals surface area contributed by atoms with Crippen molar-refractivity contribution in [2.75, 3.05) is 32.1 Å². The van der Waals surface area contributed by atoms with Crippen molar-refractivity contribution in [1.29, 1.82) is 0 Å². The van der Waals surface area contributed by atoms with Gasteiger partial charge in [0, 0.05) is 32.9 Å². The first-order valence-electron chi connectivity index (χ1n) is 7.37. The van der Waals surface area contributed by atoms with Crippen LogP contribution >= 0.6 is 24.0 Å². The molecular weight excluding hydrogens is 375 g/mol. The Morgan fingerprint density at radius 2 is 1.81 bits per heavy atom. The maximum atomic E-state index is 6.09. The fourth-order valence-corrected chi connectivity index (χ4v) is 2.41. The van der Waals surface area contributed by atoms with Crippen molar-refractivity contribution in [3.05, 3.63) is 29.8 Å². The van der Waals surface area contributed by atoms with Gasteiger partial charge in [0.1, 0.15) is 0 Å². The number of nitrogens with zero attached hydrogens (tertiary/aromatic N) is 3. The van der Waals surface area contributed by atoms with Gasteiger partial charge in [0.15, 0.2) is 5.96 Å². The van der Waals surface area contributed by atoms with E-state index in [9.17, 15) is 0 Å². The number of rotatable bonds is 3. The van der Waals surface area contributed by atoms with Gasteiger partial charge in [0.2, 0.25) is 0 Å². The van der Waals surface area contributed by atoms with Crippen LogP contribution in [-0.4, -0.2) is 38.0 Å². The van der Waals surface area contributed by atoms with Gasteiger partial charge < -0.3 is 15.5 Å². The van der Waals surface area contributed by atoms with Crippen molar-refractivity contribution in [2.24, 2.45) is 16.6 Å². The highest BCUT2D eigenvalue weighted by molar-refractivity contribution is 14.0. The van der Waals surface area contributed by atoms with E-state index in [2.05, 4.69) is 46.0 Å². The maximum Gasteiger partial charge on any atom is 0.191 e. The molecule has 1 fully saturated rings. The van der Waals surface area contributed by atoms with E-state index in [0.29, 0.717) is 12.5 Å². The van der Waals surface area contributed by atoms with Gasteiger partial charge in [-0.05, 0) is 36.5 Å². The molecule has 21 heavy (non-hydrogen) atoms. The molecule has 1 aliphatic heterocycles. The van der Waals surface area contributed by atoms with Crippen LogP contribution in [0.15, 0.2) is 29.3 Å². The van der Waals surface area contributed by atoms with Gasteiger partial charge in [-0.25, -0.2) is 4.99 Å². The number of aliphatic imine (C=N–C) groups is 1. The molecule has 1 saturated heterocycles. The first kappa shape index (κ1) is 18.1. The van der Waals surface area contributed by atoms with Crippen LogP contribution in [0.5, 0.6) is 0 Å². The summed E-state index contributed by atoms with van der Waals surface area (Å²) < 4.78 is 0. The number of guanidine groups is 1. The van der Waals surface area contributed by atoms with Crippen molar-refractivity contribution in [3.8, 4) is 0 Å². The van der Waals surface area contributed by atoms with Crippen LogP contribution < -0.4 is 10.6 Å². The molecule has 2 N–H and O–H groups in total. The first-order chi connectivity index (χ1) is 9.56. The normalized spacial score (nSPS) is 16.5. The average molecular weight is 402 g/mol. The zero-order chi connectivity index (χ0) is 14.5. The predicted molar refractivity (Wildman–Crippen MR) is 101 cm³/mol. The zero-order valence-electron chi connectivity index (χ0n) is 13.2. The number of hydrogen-bond donors (Lipinski definition) is 1. The van der Waals surface area contributed by atoms with Crippen molar-refractivity contribution in [3.63, 3.8) is 0 Å². The molecule has 5 heteroatoms. The highest BCUT2D eigenvalue weighted by Crippen LogP contribution is 2.16. The van der Waals surface area contributed by atoms with E-state index >= 15 is 0 Å². The third-order valence-electron chi connectivity index (χ3n) is 3.98. The molecule has 0 bridgehead atoms. The quantitative estimate of drug-likeness (QED) is 0.481. The fraction of sp³-hybridized carbons (Fsp3) is 0.562. The second kappa shape index (κ2) is 8.46. The van der Waals surface area contributed by atoms with Gasteiger partial charge in [-0.3, -0.25) is 0 Å². The lowest BCUT2D eigenvalue weighted by molar-refractivity contribution is 0.277. The molecule has 4 nitrogen and oxygen atoms in total. The summed E-state index contributed by atoms with van der Waals surface area (Å²) in [7, 11) is 4.09. The largest absolute Gasteiger partial charge is 0.378 e. The summed E-state index contributed by atoms with van der Waals surface area (Å²) in [5, 5.41) is 0. The topological polar surface area (TPSA) is 44.9 Å². The van der Waals surface area contributed by atoms with E-state index in [0.717, 1.165) is 19.0 Å². The fourth-order valence-electron chi connectivity index (χ4n) is 2.41. The molecule has 0 aromatic heterocycles. The summed E-state index contributed by atoms with van der Waals surface area (Å²) in [4.78, 5) is 8.82. The van der Waals surface area contributed by atoms with E-state index in [1.807, 2.05) is 14.1 Å². The van der Waals surface area contributed by atoms with Gasteiger partial charge in [-0.2, -0.15) is 0 Å². The summed E-state index contributed by atoms with van der Waals surface area (Å²) in [6, 6.07) is 8.46. The lowest BCUT2D eigenvalue weighted by Crippen LogP contribution is -2.42. The molecular formula is C16H27IN4. The Bertz CT molecular complexity index is 448. The number of hydrogen-bond acceptors (Lipinski definition) is 2. The summed E-state index contributed by atoms with van der Waals surface area (Å²) in [6.07, 6.45) is 2.43. The number of benzene rings is 1. The molecule has 0 spiro atoms. The van der Waals surface area contributed by atoms with Crippen molar-refractivity contribution < 1.29 is 0 Å². The molecule has 0 unspecified atom stereocenters. The van der Waals surface area contributed by atoms with Crippen LogP contribution in [0, 0.1) is 5.92 Å². The van der Waals surface area contributed by atoms with E-state index < -0.39 is 0 Å². The maximum absolute atomic E-state index is 6.09. The van der Waals surface area contributed by atoms with Crippen LogP contribution in [0.25, 0.3) is 0 Å². The van der Waals surface area contributed by atoms with Gasteiger partial charge in [-0.1, -0.05) is 19.1 Å². The van der Waals surface area contributed by atoms with Gasteiger partial charge >= 0.3 is 0 Å². The highest BCUT2D eigenvalue weighted by atomic mass is 127. The van der Waals surface area contributed by atoms with Crippen molar-refractivity contribution >= 4 is 35.6 Å². The minimum atomic E-state index is 0. The first-order valence-corrected chi connectivity index (χ1v) is 7.37. The minimum absolute atomic E-state index is 0. The van der Waals surface area contributed by atoms with E-state index in [-0.39, 0.29) is 24.0 Å². The standard InChI is InChI=1S/C16H26N4.HI/c1-13-8-10-20(11-9-13)16(17)18-12-14-4-6-15(7-5-14)19(2)3;/h4-7,13H,8-12H2,1-3H3,(H2,17,18);1H. The van der Waals surface area contributed by atoms with E-state index in [4.69, 9.17) is 5.73 Å². The molecule has 1 aromatic carbocycles. The summed E-state index contributed by atoms with van der Waals surface area (Å²) >= 11 is 0. The molecule has 0 amide bonds. The van der Waals surface area contributed by atoms with Crippen LogP contribution in [0.3, 0.4) is 0 Å². The number of piperidine rings is 1. The van der Waals surface area contributed by atoms with Crippen molar-refractivity contribution in [2.45, 2.75) is 26.3 Å². The highest BCUT2D eigenvalue weighted by Gasteiger charge is 2.16. The molecule has 1 aromatic rings. The number of anilines is 1. The predicted octanol–water partition coefficient (Wildman–Crippen LogP) is 2.92. The second-order valence-corrected chi connectivity index (χ2v) is 5.90. The van der Waals surface area contributed by atoms with Crippen LogP contribution in [-0.2, 0) is 6.54 Å². The summed E-state index contributed by atoms with van der Waals surface area (Å²) in [5.74, 6) is 1.51. The monoisotopic (exact) mass is 402 g/mol. The molecule has 2 rings (SSSR count). The Hall–Kier alpha value is -0.980. The number of halogens is 1. The average Bonchev–Trinajstić information content (AvgIpc) is 2.46. The van der Waals surface area contributed by atoms with Crippen LogP contribution in [0.2, 0.25) is 0 Å². The van der Waals surface area contributed by atoms with Crippen LogP contribution in [0.4, 0.5) is 5.69 Å². The third-order valence-corrected chi connectivity index (χ3v) is 3.98. The summed E-state index contributed by atoms with van der Waals surface area (Å²) in [5.41, 5.74) is 8.49. The minimum Gasteiger partial charge on any atom is -0.378 e. The second-order valence-electron chi connectivity index (χ2n) is 5.90. The Morgan fingerprint density at radius 1 is 1.24 bits per heavy atom. The molecule has 0 atom stereocenters. The lowest BCUT2D eigenvalue weighted by atomic mass is 10.00. The summed E-state index contributed by atoms with van der Waals surface area (Å²) in [6.45, 7) is 5.04. The van der Waals surface area contributed by atoms with Gasteiger partial charge in [0.25, 0.3) is 0 Å². The zero-order valence-corrected chi connectivity index (χ0v) is 15.6. The Kier molecular flexibility index (Phi) is 7.28. The Balaban J connectivity index is 0.00000220. The van der Waals surface area contributed by atoms with E-state index in [1.54, 1.807) is 0 Å². The third kappa shape index (κ3) is 5.37. The molecule has 118 valence electrons.